The summed E-state index contributed by atoms with van der Waals surface area (Å²) in [5.41, 5.74) is 1.81. The monoisotopic (exact) mass is 602 g/mol. The minimum atomic E-state index is -3.62. The van der Waals surface area contributed by atoms with E-state index in [1.807, 2.05) is 20.8 Å². The van der Waals surface area contributed by atoms with Crippen LogP contribution in [0.25, 0.3) is 0 Å². The molecule has 1 aromatic heterocycles. The van der Waals surface area contributed by atoms with Crippen molar-refractivity contribution in [1.82, 2.24) is 15.3 Å². The maximum absolute atomic E-state index is 13.5. The van der Waals surface area contributed by atoms with Crippen molar-refractivity contribution in [3.63, 3.8) is 0 Å². The van der Waals surface area contributed by atoms with E-state index >= 15 is 0 Å². The molecule has 0 unspecified atom stereocenters. The maximum Gasteiger partial charge on any atom is 0.255 e. The van der Waals surface area contributed by atoms with Crippen molar-refractivity contribution in [2.45, 2.75) is 33.1 Å². The lowest BCUT2D eigenvalue weighted by Gasteiger charge is -2.27. The molecule has 1 fully saturated rings. The van der Waals surface area contributed by atoms with Gasteiger partial charge in [0.05, 0.1) is 24.7 Å². The molecule has 1 amide bonds. The molecule has 11 nitrogen and oxygen atoms in total. The summed E-state index contributed by atoms with van der Waals surface area (Å²) in [6.07, 6.45) is 2.68. The van der Waals surface area contributed by atoms with Crippen LogP contribution in [0.5, 0.6) is 17.4 Å². The molecule has 1 saturated heterocycles. The van der Waals surface area contributed by atoms with Crippen molar-refractivity contribution in [1.29, 1.82) is 0 Å². The summed E-state index contributed by atoms with van der Waals surface area (Å²) in [7, 11) is -2.22. The van der Waals surface area contributed by atoms with Crippen molar-refractivity contribution >= 4 is 44.9 Å². The zero-order chi connectivity index (χ0) is 29.9. The third kappa shape index (κ3) is 7.57. The highest BCUT2D eigenvalue weighted by atomic mass is 35.5. The van der Waals surface area contributed by atoms with Gasteiger partial charge in [0, 0.05) is 54.6 Å². The first-order valence-electron chi connectivity index (χ1n) is 13.0. The lowest BCUT2D eigenvalue weighted by Crippen LogP contribution is -2.44. The Labute approximate surface area is 245 Å². The molecule has 13 heteroatoms. The maximum atomic E-state index is 13.5. The van der Waals surface area contributed by atoms with Crippen molar-refractivity contribution in [2.75, 3.05) is 54.5 Å². The highest BCUT2D eigenvalue weighted by Gasteiger charge is 2.23. The molecule has 0 aliphatic carbocycles. The number of anilines is 3. The van der Waals surface area contributed by atoms with Crippen LogP contribution in [-0.4, -0.2) is 63.8 Å². The number of nitrogens with one attached hydrogen (secondary N) is 3. The third-order valence-electron chi connectivity index (χ3n) is 6.49. The molecule has 4 rings (SSSR count). The largest absolute Gasteiger partial charge is 0.492 e. The number of amides is 1. The molecule has 2 heterocycles. The van der Waals surface area contributed by atoms with Crippen LogP contribution in [0.4, 0.5) is 17.3 Å². The molecule has 2 aromatic carbocycles. The summed E-state index contributed by atoms with van der Waals surface area (Å²) >= 11 is 6.52. The average Bonchev–Trinajstić information content (AvgIpc) is 2.90. The normalized spacial score (nSPS) is 14.0. The Morgan fingerprint density at radius 3 is 2.44 bits per heavy atom. The molecule has 0 atom stereocenters. The van der Waals surface area contributed by atoms with Gasteiger partial charge in [-0.3, -0.25) is 9.52 Å². The minimum Gasteiger partial charge on any atom is -0.492 e. The standard InChI is InChI=1S/C28H35ClN6O5S/c1-17-20(29)13-18(14-23(17)40-24-7-8-31-27(33-24)35-11-9-30-10-12-35)26(36)32-21-15-19(28(2,3)4)16-22(25(21)39-5)34-41(6,37)38/h7-8,13-16,30,34H,9-12H2,1-6H3,(H,32,36). The van der Waals surface area contributed by atoms with Crippen LogP contribution in [0.2, 0.25) is 5.02 Å². The first-order valence-corrected chi connectivity index (χ1v) is 15.3. The second-order valence-corrected chi connectivity index (χ2v) is 13.0. The van der Waals surface area contributed by atoms with E-state index in [2.05, 4.69) is 30.2 Å². The van der Waals surface area contributed by atoms with Crippen LogP contribution >= 0.6 is 11.6 Å². The Balaban J connectivity index is 1.66. The van der Waals surface area contributed by atoms with Crippen molar-refractivity contribution in [3.8, 4) is 17.4 Å². The van der Waals surface area contributed by atoms with Gasteiger partial charge in [0.2, 0.25) is 21.9 Å². The van der Waals surface area contributed by atoms with E-state index in [4.69, 9.17) is 21.1 Å². The highest BCUT2D eigenvalue weighted by molar-refractivity contribution is 7.92. The lowest BCUT2D eigenvalue weighted by molar-refractivity contribution is 0.102. The van der Waals surface area contributed by atoms with Gasteiger partial charge in [0.1, 0.15) is 5.75 Å². The Hall–Kier alpha value is -3.61. The van der Waals surface area contributed by atoms with Crippen molar-refractivity contribution in [3.05, 3.63) is 58.2 Å². The van der Waals surface area contributed by atoms with Crippen LogP contribution in [0.1, 0.15) is 42.3 Å². The Morgan fingerprint density at radius 1 is 1.12 bits per heavy atom. The minimum absolute atomic E-state index is 0.174. The molecule has 3 aromatic rings. The van der Waals surface area contributed by atoms with E-state index < -0.39 is 15.9 Å². The number of benzene rings is 2. The number of rotatable bonds is 8. The summed E-state index contributed by atoms with van der Waals surface area (Å²) in [5.74, 6) is 0.929. The van der Waals surface area contributed by atoms with Gasteiger partial charge in [0.25, 0.3) is 5.91 Å². The number of hydrogen-bond acceptors (Lipinski definition) is 9. The summed E-state index contributed by atoms with van der Waals surface area (Å²) in [6, 6.07) is 8.22. The SMILES string of the molecule is COc1c(NC(=O)c2cc(Cl)c(C)c(Oc3ccnc(N4CCNCC4)n3)c2)cc(C(C)(C)C)cc1NS(C)(=O)=O. The first kappa shape index (κ1) is 30.4. The van der Waals surface area contributed by atoms with Gasteiger partial charge in [-0.2, -0.15) is 4.98 Å². The zero-order valence-electron chi connectivity index (χ0n) is 24.0. The molecule has 1 aliphatic rings. The lowest BCUT2D eigenvalue weighted by atomic mass is 9.86. The molecule has 0 radical (unpaired) electrons. The summed E-state index contributed by atoms with van der Waals surface area (Å²) < 4.78 is 38.2. The first-order chi connectivity index (χ1) is 19.2. The van der Waals surface area contributed by atoms with E-state index in [0.29, 0.717) is 33.9 Å². The van der Waals surface area contributed by atoms with Gasteiger partial charge in [-0.25, -0.2) is 13.4 Å². The molecule has 1 aliphatic heterocycles. The third-order valence-corrected chi connectivity index (χ3v) is 7.48. The van der Waals surface area contributed by atoms with E-state index in [1.54, 1.807) is 43.5 Å². The molecule has 41 heavy (non-hydrogen) atoms. The van der Waals surface area contributed by atoms with Crippen LogP contribution in [0.3, 0.4) is 0 Å². The number of methoxy groups -OCH3 is 1. The van der Waals surface area contributed by atoms with Gasteiger partial charge in [-0.05, 0) is 42.2 Å². The number of piperazine rings is 1. The Kier molecular flexibility index (Phi) is 8.95. The molecule has 0 saturated carbocycles. The average molecular weight is 603 g/mol. The summed E-state index contributed by atoms with van der Waals surface area (Å²) in [5, 5.41) is 6.49. The van der Waals surface area contributed by atoms with Crippen LogP contribution in [-0.2, 0) is 15.4 Å². The quantitative estimate of drug-likeness (QED) is 0.339. The van der Waals surface area contributed by atoms with Crippen LogP contribution in [0.15, 0.2) is 36.5 Å². The molecular formula is C28H35ClN6O5S. The predicted molar refractivity (Wildman–Crippen MR) is 161 cm³/mol. The fraction of sp³-hybridized carbons (Fsp3) is 0.393. The van der Waals surface area contributed by atoms with Crippen molar-refractivity contribution < 1.29 is 22.7 Å². The molecule has 220 valence electrons. The number of nitrogens with zero attached hydrogens (tertiary/aromatic N) is 3. The van der Waals surface area contributed by atoms with Gasteiger partial charge >= 0.3 is 0 Å². The van der Waals surface area contributed by atoms with Crippen molar-refractivity contribution in [2.24, 2.45) is 0 Å². The predicted octanol–water partition coefficient (Wildman–Crippen LogP) is 4.57. The molecule has 3 N–H and O–H groups in total. The number of halogens is 1. The number of carbonyl (C=O) groups is 1. The number of carbonyl (C=O) groups excluding carboxylic acids is 1. The number of aromatic nitrogens is 2. The van der Waals surface area contributed by atoms with Gasteiger partial charge < -0.3 is 25.0 Å². The number of hydrogen-bond donors (Lipinski definition) is 3. The summed E-state index contributed by atoms with van der Waals surface area (Å²) in [4.78, 5) is 24.5. The van der Waals surface area contributed by atoms with Crippen LogP contribution < -0.4 is 29.7 Å². The van der Waals surface area contributed by atoms with E-state index in [0.717, 1.165) is 38.0 Å². The smallest absolute Gasteiger partial charge is 0.255 e. The molecule has 0 spiro atoms. The number of ether oxygens (including phenoxy) is 2. The molecule has 0 bridgehead atoms. The van der Waals surface area contributed by atoms with E-state index in [-0.39, 0.29) is 22.4 Å². The number of sulfonamides is 1. The molecular weight excluding hydrogens is 568 g/mol. The second-order valence-electron chi connectivity index (χ2n) is 10.8. The Bertz CT molecular complexity index is 1550. The van der Waals surface area contributed by atoms with Crippen LogP contribution in [0, 0.1) is 6.92 Å². The Morgan fingerprint density at radius 2 is 1.80 bits per heavy atom. The summed E-state index contributed by atoms with van der Waals surface area (Å²) in [6.45, 7) is 11.0. The fourth-order valence-electron chi connectivity index (χ4n) is 4.25. The topological polar surface area (TPSA) is 135 Å². The fourth-order valence-corrected chi connectivity index (χ4v) is 5.02. The second kappa shape index (κ2) is 12.1. The van der Waals surface area contributed by atoms with E-state index in [1.165, 1.54) is 7.11 Å². The highest BCUT2D eigenvalue weighted by Crippen LogP contribution is 2.40. The van der Waals surface area contributed by atoms with Gasteiger partial charge in [-0.15, -0.1) is 0 Å². The zero-order valence-corrected chi connectivity index (χ0v) is 25.5. The van der Waals surface area contributed by atoms with Gasteiger partial charge in [-0.1, -0.05) is 32.4 Å². The van der Waals surface area contributed by atoms with E-state index in [9.17, 15) is 13.2 Å². The van der Waals surface area contributed by atoms with Gasteiger partial charge in [0.15, 0.2) is 5.75 Å².